The quantitative estimate of drug-likeness (QED) is 0.618. The zero-order chi connectivity index (χ0) is 9.84. The van der Waals surface area contributed by atoms with Crippen molar-refractivity contribution in [1.82, 2.24) is 14.8 Å². The van der Waals surface area contributed by atoms with Crippen LogP contribution in [0.4, 0.5) is 0 Å². The van der Waals surface area contributed by atoms with E-state index in [0.717, 1.165) is 5.82 Å². The minimum Gasteiger partial charge on any atom is -0.251 e. The Morgan fingerprint density at radius 3 is 2.62 bits per heavy atom. The molecule has 70 valence electrons. The van der Waals surface area contributed by atoms with Gasteiger partial charge >= 0.3 is 0 Å². The van der Waals surface area contributed by atoms with Gasteiger partial charge in [-0.05, 0) is 18.6 Å². The summed E-state index contributed by atoms with van der Waals surface area (Å²) < 4.78 is 1.78. The van der Waals surface area contributed by atoms with E-state index in [1.165, 1.54) is 11.1 Å². The molecule has 2 aliphatic rings. The second-order valence-electron chi connectivity index (χ2n) is 2.63. The van der Waals surface area contributed by atoms with Crippen LogP contribution < -0.4 is 0 Å². The number of hydrogen-bond donors (Lipinski definition) is 0. The molecule has 0 fully saturated rings. The van der Waals surface area contributed by atoms with Crippen LogP contribution in [0.15, 0.2) is 18.5 Å². The highest BCUT2D eigenvalue weighted by atomic mass is 15.3. The van der Waals surface area contributed by atoms with E-state index in [4.69, 9.17) is 0 Å². The molecule has 2 heterocycles. The van der Waals surface area contributed by atoms with Gasteiger partial charge < -0.3 is 0 Å². The maximum absolute atomic E-state index is 4.22. The first-order valence-corrected chi connectivity index (χ1v) is 4.52. The van der Waals surface area contributed by atoms with Crippen LogP contribution in [0.2, 0.25) is 0 Å². The van der Waals surface area contributed by atoms with E-state index in [1.54, 1.807) is 10.9 Å². The molecule has 13 heavy (non-hydrogen) atoms. The smallest absolute Gasteiger partial charge is 0.156 e. The van der Waals surface area contributed by atoms with Crippen molar-refractivity contribution in [2.24, 2.45) is 7.05 Å². The SMILES string of the molecule is CC.Cc1cnc2n(C)nccc1-2. The Balaban J connectivity index is 0.000000396. The number of nitrogens with zero attached hydrogens (tertiary/aromatic N) is 3. The van der Waals surface area contributed by atoms with E-state index in [-0.39, 0.29) is 0 Å². The van der Waals surface area contributed by atoms with Gasteiger partial charge in [0.2, 0.25) is 0 Å². The molecule has 0 atom stereocenters. The summed E-state index contributed by atoms with van der Waals surface area (Å²) in [5.74, 6) is 0.949. The summed E-state index contributed by atoms with van der Waals surface area (Å²) in [6.45, 7) is 6.05. The molecule has 2 rings (SSSR count). The standard InChI is InChI=1S/C8H9N3.C2H6/c1-6-5-9-8-7(6)3-4-10-11(8)2;1-2/h3-5H,1-2H3;1-2H3. The lowest BCUT2D eigenvalue weighted by Gasteiger charge is -2.02. The first kappa shape index (κ1) is 9.71. The Bertz CT molecular complexity index is 351. The molecular formula is C10H15N3. The molecule has 0 saturated carbocycles. The van der Waals surface area contributed by atoms with Crippen molar-refractivity contribution >= 4 is 0 Å². The van der Waals surface area contributed by atoms with Crippen molar-refractivity contribution in [3.63, 3.8) is 0 Å². The molecule has 0 amide bonds. The molecule has 0 spiro atoms. The summed E-state index contributed by atoms with van der Waals surface area (Å²) in [4.78, 5) is 4.22. The zero-order valence-electron chi connectivity index (χ0n) is 8.57. The van der Waals surface area contributed by atoms with Gasteiger partial charge in [0.15, 0.2) is 5.82 Å². The fraction of sp³-hybridized carbons (Fsp3) is 0.400. The zero-order valence-corrected chi connectivity index (χ0v) is 8.57. The molecule has 0 N–H and O–H groups in total. The Labute approximate surface area is 78.8 Å². The summed E-state index contributed by atoms with van der Waals surface area (Å²) in [6, 6.07) is 1.98. The fourth-order valence-electron chi connectivity index (χ4n) is 1.20. The molecule has 3 nitrogen and oxygen atoms in total. The third-order valence-electron chi connectivity index (χ3n) is 1.83. The van der Waals surface area contributed by atoms with Crippen LogP contribution in [0.3, 0.4) is 0 Å². The van der Waals surface area contributed by atoms with Gasteiger partial charge in [-0.1, -0.05) is 13.8 Å². The third-order valence-corrected chi connectivity index (χ3v) is 1.83. The Hall–Kier alpha value is -1.38. The second kappa shape index (κ2) is 4.03. The number of aromatic nitrogens is 3. The van der Waals surface area contributed by atoms with E-state index in [0.29, 0.717) is 0 Å². The number of fused-ring (bicyclic) bond motifs is 1. The largest absolute Gasteiger partial charge is 0.251 e. The highest BCUT2D eigenvalue weighted by molar-refractivity contribution is 5.61. The van der Waals surface area contributed by atoms with Crippen LogP contribution in [0, 0.1) is 6.92 Å². The van der Waals surface area contributed by atoms with E-state index in [1.807, 2.05) is 33.2 Å². The molecule has 3 heteroatoms. The van der Waals surface area contributed by atoms with Crippen LogP contribution in [-0.2, 0) is 7.05 Å². The van der Waals surface area contributed by atoms with E-state index < -0.39 is 0 Å². The van der Waals surface area contributed by atoms with Crippen molar-refractivity contribution in [3.8, 4) is 11.4 Å². The minimum absolute atomic E-state index is 0.949. The molecule has 0 saturated heterocycles. The topological polar surface area (TPSA) is 30.7 Å². The van der Waals surface area contributed by atoms with E-state index >= 15 is 0 Å². The average molecular weight is 177 g/mol. The van der Waals surface area contributed by atoms with Crippen LogP contribution in [-0.4, -0.2) is 14.8 Å². The summed E-state index contributed by atoms with van der Waals surface area (Å²) in [6.07, 6.45) is 3.66. The second-order valence-corrected chi connectivity index (χ2v) is 2.63. The van der Waals surface area contributed by atoms with Crippen molar-refractivity contribution in [2.45, 2.75) is 20.8 Å². The molecule has 0 aliphatic carbocycles. The number of aryl methyl sites for hydroxylation is 2. The van der Waals surface area contributed by atoms with Gasteiger partial charge in [-0.25, -0.2) is 4.98 Å². The highest BCUT2D eigenvalue weighted by Crippen LogP contribution is 2.21. The summed E-state index contributed by atoms with van der Waals surface area (Å²) in [7, 11) is 1.90. The Morgan fingerprint density at radius 1 is 1.31 bits per heavy atom. The minimum atomic E-state index is 0.949. The molecule has 0 aromatic carbocycles. The molecule has 2 aliphatic heterocycles. The fourth-order valence-corrected chi connectivity index (χ4v) is 1.20. The van der Waals surface area contributed by atoms with Gasteiger partial charge in [0, 0.05) is 25.0 Å². The normalized spacial score (nSPS) is 9.54. The summed E-state index contributed by atoms with van der Waals surface area (Å²) >= 11 is 0. The number of hydrogen-bond acceptors (Lipinski definition) is 2. The van der Waals surface area contributed by atoms with Gasteiger partial charge in [0.25, 0.3) is 0 Å². The summed E-state index contributed by atoms with van der Waals surface area (Å²) in [5.41, 5.74) is 2.39. The average Bonchev–Trinajstić information content (AvgIpc) is 2.53. The van der Waals surface area contributed by atoms with Gasteiger partial charge in [-0.2, -0.15) is 5.10 Å². The maximum atomic E-state index is 4.22. The van der Waals surface area contributed by atoms with Crippen LogP contribution in [0.1, 0.15) is 19.4 Å². The van der Waals surface area contributed by atoms with Crippen molar-refractivity contribution in [3.05, 3.63) is 24.0 Å². The molecule has 0 radical (unpaired) electrons. The lowest BCUT2D eigenvalue weighted by atomic mass is 10.2. The van der Waals surface area contributed by atoms with Gasteiger partial charge in [-0.3, -0.25) is 4.68 Å². The molecule has 0 aromatic heterocycles. The monoisotopic (exact) mass is 177 g/mol. The first-order chi connectivity index (χ1) is 6.29. The van der Waals surface area contributed by atoms with Crippen LogP contribution in [0.5, 0.6) is 0 Å². The Morgan fingerprint density at radius 2 is 2.00 bits per heavy atom. The van der Waals surface area contributed by atoms with Crippen molar-refractivity contribution in [1.29, 1.82) is 0 Å². The maximum Gasteiger partial charge on any atom is 0.156 e. The predicted octanol–water partition coefficient (Wildman–Crippen LogP) is 2.25. The third kappa shape index (κ3) is 1.69. The first-order valence-electron chi connectivity index (χ1n) is 4.52. The molecular weight excluding hydrogens is 162 g/mol. The van der Waals surface area contributed by atoms with E-state index in [9.17, 15) is 0 Å². The lowest BCUT2D eigenvalue weighted by Crippen LogP contribution is -2.00. The molecule has 0 unspecified atom stereocenters. The van der Waals surface area contributed by atoms with Gasteiger partial charge in [0.05, 0.1) is 0 Å². The summed E-state index contributed by atoms with van der Waals surface area (Å²) in [5, 5.41) is 4.07. The van der Waals surface area contributed by atoms with Gasteiger partial charge in [0.1, 0.15) is 0 Å². The predicted molar refractivity (Wildman–Crippen MR) is 53.7 cm³/mol. The van der Waals surface area contributed by atoms with Crippen LogP contribution in [0.25, 0.3) is 11.4 Å². The Kier molecular flexibility index (Phi) is 3.01. The van der Waals surface area contributed by atoms with Crippen molar-refractivity contribution < 1.29 is 0 Å². The van der Waals surface area contributed by atoms with Crippen LogP contribution >= 0.6 is 0 Å². The van der Waals surface area contributed by atoms with E-state index in [2.05, 4.69) is 17.0 Å². The lowest BCUT2D eigenvalue weighted by molar-refractivity contribution is 0.734. The number of rotatable bonds is 0. The molecule has 0 aromatic rings. The highest BCUT2D eigenvalue weighted by Gasteiger charge is 2.08. The van der Waals surface area contributed by atoms with Gasteiger partial charge in [-0.15, -0.1) is 0 Å². The van der Waals surface area contributed by atoms with Crippen molar-refractivity contribution in [2.75, 3.05) is 0 Å². The molecule has 0 bridgehead atoms.